The van der Waals surface area contributed by atoms with E-state index in [2.05, 4.69) is 61.5 Å². The van der Waals surface area contributed by atoms with Crippen molar-refractivity contribution in [1.82, 2.24) is 10.2 Å². The minimum Gasteiger partial charge on any atom is -0.376 e. The molecule has 0 heterocycles. The summed E-state index contributed by atoms with van der Waals surface area (Å²) in [6, 6.07) is 0. The van der Waals surface area contributed by atoms with Crippen LogP contribution in [0.5, 0.6) is 0 Å². The Hall–Kier alpha value is -1.02. The minimum absolute atomic E-state index is 1.03. The number of rotatable bonds is 8. The molecule has 0 amide bonds. The van der Waals surface area contributed by atoms with Crippen LogP contribution in [0.3, 0.4) is 0 Å². The molecule has 2 nitrogen and oxygen atoms in total. The van der Waals surface area contributed by atoms with Crippen LogP contribution in [-0.4, -0.2) is 31.6 Å². The second-order valence-corrected chi connectivity index (χ2v) is 3.67. The molecule has 0 spiro atoms. The second-order valence-electron chi connectivity index (χ2n) is 3.67. The van der Waals surface area contributed by atoms with Gasteiger partial charge in [-0.05, 0) is 45.2 Å². The van der Waals surface area contributed by atoms with Crippen LogP contribution in [-0.2, 0) is 0 Å². The lowest BCUT2D eigenvalue weighted by Crippen LogP contribution is -2.26. The monoisotopic (exact) mass is 222 g/mol. The van der Waals surface area contributed by atoms with Crippen LogP contribution in [0.2, 0.25) is 0 Å². The first-order valence-corrected chi connectivity index (χ1v) is 6.17. The van der Waals surface area contributed by atoms with Gasteiger partial charge in [0.2, 0.25) is 0 Å². The molecule has 0 unspecified atom stereocenters. The van der Waals surface area contributed by atoms with Gasteiger partial charge >= 0.3 is 0 Å². The molecule has 0 saturated heterocycles. The van der Waals surface area contributed by atoms with Gasteiger partial charge in [-0.15, -0.1) is 0 Å². The smallest absolute Gasteiger partial charge is 0.0297 e. The van der Waals surface area contributed by atoms with E-state index in [-0.39, 0.29) is 0 Å². The van der Waals surface area contributed by atoms with E-state index >= 15 is 0 Å². The lowest BCUT2D eigenvalue weighted by atomic mass is 10.2. The summed E-state index contributed by atoms with van der Waals surface area (Å²) in [7, 11) is 1.98. The molecule has 0 radical (unpaired) electrons. The van der Waals surface area contributed by atoms with Crippen molar-refractivity contribution in [3.8, 4) is 0 Å². The first-order chi connectivity index (χ1) is 7.78. The first kappa shape index (κ1) is 15.0. The lowest BCUT2D eigenvalue weighted by molar-refractivity contribution is 0.395. The Morgan fingerprint density at radius 2 is 2.06 bits per heavy atom. The molecular weight excluding hydrogens is 196 g/mol. The average molecular weight is 222 g/mol. The quantitative estimate of drug-likeness (QED) is 0.635. The van der Waals surface area contributed by atoms with Crippen LogP contribution in [0, 0.1) is 0 Å². The Labute approximate surface area is 101 Å². The van der Waals surface area contributed by atoms with E-state index in [9.17, 15) is 0 Å². The van der Waals surface area contributed by atoms with Crippen molar-refractivity contribution in [2.24, 2.45) is 0 Å². The maximum absolute atomic E-state index is 3.16. The summed E-state index contributed by atoms with van der Waals surface area (Å²) in [4.78, 5) is 2.30. The maximum atomic E-state index is 3.16. The zero-order chi connectivity index (χ0) is 12.2. The van der Waals surface area contributed by atoms with E-state index < -0.39 is 0 Å². The molecule has 0 atom stereocenters. The van der Waals surface area contributed by atoms with E-state index in [0.717, 1.165) is 26.1 Å². The van der Waals surface area contributed by atoms with Gasteiger partial charge in [-0.25, -0.2) is 0 Å². The van der Waals surface area contributed by atoms with E-state index in [1.807, 2.05) is 7.05 Å². The van der Waals surface area contributed by atoms with E-state index in [4.69, 9.17) is 0 Å². The van der Waals surface area contributed by atoms with Crippen molar-refractivity contribution in [2.75, 3.05) is 26.7 Å². The van der Waals surface area contributed by atoms with Crippen molar-refractivity contribution in [3.63, 3.8) is 0 Å². The highest BCUT2D eigenvalue weighted by molar-refractivity contribution is 5.22. The highest BCUT2D eigenvalue weighted by atomic mass is 15.1. The number of nitrogens with one attached hydrogen (secondary N) is 1. The summed E-state index contributed by atoms with van der Waals surface area (Å²) in [6.07, 6.45) is 11.8. The fourth-order valence-electron chi connectivity index (χ4n) is 1.39. The van der Waals surface area contributed by atoms with Gasteiger partial charge in [-0.3, -0.25) is 0 Å². The number of nitrogens with zero attached hydrogens (tertiary/aromatic N) is 1. The summed E-state index contributed by atoms with van der Waals surface area (Å²) >= 11 is 0. The van der Waals surface area contributed by atoms with Crippen LogP contribution in [0.25, 0.3) is 0 Å². The van der Waals surface area contributed by atoms with E-state index in [0.29, 0.717) is 0 Å². The molecule has 0 rings (SSSR count). The summed E-state index contributed by atoms with van der Waals surface area (Å²) in [6.45, 7) is 9.55. The van der Waals surface area contributed by atoms with Crippen molar-refractivity contribution >= 4 is 0 Å². The Morgan fingerprint density at radius 1 is 1.31 bits per heavy atom. The summed E-state index contributed by atoms with van der Waals surface area (Å²) in [5.74, 6) is 0. The first-order valence-electron chi connectivity index (χ1n) is 6.17. The Morgan fingerprint density at radius 3 is 2.56 bits per heavy atom. The largest absolute Gasteiger partial charge is 0.376 e. The van der Waals surface area contributed by atoms with Gasteiger partial charge in [0.25, 0.3) is 0 Å². The van der Waals surface area contributed by atoms with Crippen LogP contribution >= 0.6 is 0 Å². The minimum atomic E-state index is 1.03. The summed E-state index contributed by atoms with van der Waals surface area (Å²) < 4.78 is 0. The number of hydrogen-bond donors (Lipinski definition) is 1. The molecule has 0 saturated carbocycles. The van der Waals surface area contributed by atoms with Crippen LogP contribution < -0.4 is 5.32 Å². The predicted molar refractivity (Wildman–Crippen MR) is 73.5 cm³/mol. The fourth-order valence-corrected chi connectivity index (χ4v) is 1.39. The number of hydrogen-bond acceptors (Lipinski definition) is 2. The van der Waals surface area contributed by atoms with E-state index in [1.54, 1.807) is 0 Å². The van der Waals surface area contributed by atoms with Gasteiger partial charge in [0.1, 0.15) is 0 Å². The summed E-state index contributed by atoms with van der Waals surface area (Å²) in [5, 5.41) is 3.16. The SMILES string of the molecule is C/C=C/C(=C\C=C\N(CC)CCNC)CC. The number of allylic oxidation sites excluding steroid dienone is 5. The Kier molecular flexibility index (Phi) is 9.83. The molecule has 0 fully saturated rings. The third kappa shape index (κ3) is 7.30. The van der Waals surface area contributed by atoms with Gasteiger partial charge in [-0.2, -0.15) is 0 Å². The third-order valence-electron chi connectivity index (χ3n) is 2.45. The zero-order valence-corrected chi connectivity index (χ0v) is 11.2. The van der Waals surface area contributed by atoms with Crippen molar-refractivity contribution in [3.05, 3.63) is 36.1 Å². The highest BCUT2D eigenvalue weighted by Gasteiger charge is 1.92. The van der Waals surface area contributed by atoms with Crippen molar-refractivity contribution in [2.45, 2.75) is 27.2 Å². The number of likely N-dealkylation sites (N-methyl/N-ethyl adjacent to an activating group) is 2. The molecule has 0 aromatic rings. The van der Waals surface area contributed by atoms with Gasteiger partial charge in [0.15, 0.2) is 0 Å². The molecule has 0 aromatic heterocycles. The van der Waals surface area contributed by atoms with E-state index in [1.165, 1.54) is 5.57 Å². The molecule has 0 aromatic carbocycles. The summed E-state index contributed by atoms with van der Waals surface area (Å²) in [5.41, 5.74) is 1.36. The predicted octanol–water partition coefficient (Wildman–Crippen LogP) is 2.95. The van der Waals surface area contributed by atoms with Gasteiger partial charge < -0.3 is 10.2 Å². The molecule has 0 aliphatic rings. The normalized spacial score (nSPS) is 12.9. The zero-order valence-electron chi connectivity index (χ0n) is 11.2. The standard InChI is InChI=1S/C14H26N2/c1-5-9-14(6-2)10-8-12-16(7-3)13-11-15-4/h5,8-10,12,15H,6-7,11,13H2,1-4H3/b9-5+,12-8+,14-10-. The second kappa shape index (κ2) is 10.5. The molecule has 0 aliphatic carbocycles. The average Bonchev–Trinajstić information content (AvgIpc) is 2.32. The molecule has 2 heteroatoms. The van der Waals surface area contributed by atoms with Crippen LogP contribution in [0.15, 0.2) is 36.1 Å². The van der Waals surface area contributed by atoms with Crippen LogP contribution in [0.4, 0.5) is 0 Å². The Balaban J connectivity index is 4.21. The Bertz CT molecular complexity index is 239. The molecular formula is C14H26N2. The maximum Gasteiger partial charge on any atom is 0.0297 e. The topological polar surface area (TPSA) is 15.3 Å². The van der Waals surface area contributed by atoms with Crippen molar-refractivity contribution < 1.29 is 0 Å². The molecule has 92 valence electrons. The van der Waals surface area contributed by atoms with Crippen LogP contribution in [0.1, 0.15) is 27.2 Å². The van der Waals surface area contributed by atoms with Crippen molar-refractivity contribution in [1.29, 1.82) is 0 Å². The van der Waals surface area contributed by atoms with Gasteiger partial charge in [0, 0.05) is 19.6 Å². The van der Waals surface area contributed by atoms with Gasteiger partial charge in [0.05, 0.1) is 0 Å². The highest BCUT2D eigenvalue weighted by Crippen LogP contribution is 2.03. The third-order valence-corrected chi connectivity index (χ3v) is 2.45. The molecule has 0 aliphatic heterocycles. The molecule has 1 N–H and O–H groups in total. The molecule has 0 bridgehead atoms. The van der Waals surface area contributed by atoms with Gasteiger partial charge in [-0.1, -0.05) is 25.2 Å². The fraction of sp³-hybridized carbons (Fsp3) is 0.571. The molecule has 16 heavy (non-hydrogen) atoms. The lowest BCUT2D eigenvalue weighted by Gasteiger charge is -2.17.